The number of benzene rings is 4. The molecule has 0 saturated heterocycles. The van der Waals surface area contributed by atoms with Crippen molar-refractivity contribution in [3.63, 3.8) is 0 Å². The zero-order valence-electron chi connectivity index (χ0n) is 19.6. The molecule has 0 bridgehead atoms. The van der Waals surface area contributed by atoms with Crippen LogP contribution in [-0.4, -0.2) is 20.2 Å². The van der Waals surface area contributed by atoms with E-state index in [0.29, 0.717) is 16.9 Å². The van der Waals surface area contributed by atoms with Crippen LogP contribution in [0.4, 0.5) is 11.4 Å². The quantitative estimate of drug-likeness (QED) is 0.202. The number of hydrogen-bond donors (Lipinski definition) is 2. The van der Waals surface area contributed by atoms with Crippen LogP contribution in [0.1, 0.15) is 12.5 Å². The molecule has 0 aliphatic heterocycles. The van der Waals surface area contributed by atoms with Crippen molar-refractivity contribution in [3.8, 4) is 11.8 Å². The molecule has 0 unspecified atom stereocenters. The molecule has 2 N–H and O–H groups in total. The number of fused-ring (bicyclic) bond motifs is 1. The Morgan fingerprint density at radius 1 is 0.865 bits per heavy atom. The highest BCUT2D eigenvalue weighted by molar-refractivity contribution is 7.87. The first kappa shape index (κ1) is 25.2. The first-order valence-electron chi connectivity index (χ1n) is 11.1. The van der Waals surface area contributed by atoms with Crippen LogP contribution < -0.4 is 14.8 Å². The number of carbonyl (C=O) groups excluding carboxylic acids is 2. The second kappa shape index (κ2) is 10.8. The summed E-state index contributed by atoms with van der Waals surface area (Å²) in [5.41, 5.74) is 1.44. The largest absolute Gasteiger partial charge is 0.379 e. The van der Waals surface area contributed by atoms with Gasteiger partial charge in [-0.25, -0.2) is 0 Å². The summed E-state index contributed by atoms with van der Waals surface area (Å²) in [6.07, 6.45) is 1.40. The van der Waals surface area contributed by atoms with Crippen molar-refractivity contribution < 1.29 is 22.2 Å². The summed E-state index contributed by atoms with van der Waals surface area (Å²) in [5, 5.41) is 16.7. The Morgan fingerprint density at radius 3 is 2.22 bits per heavy atom. The molecule has 0 spiro atoms. The summed E-state index contributed by atoms with van der Waals surface area (Å²) in [4.78, 5) is 23.8. The fourth-order valence-electron chi connectivity index (χ4n) is 3.54. The van der Waals surface area contributed by atoms with Crippen LogP contribution in [0.25, 0.3) is 16.8 Å². The first-order chi connectivity index (χ1) is 17.7. The zero-order chi connectivity index (χ0) is 26.4. The Hall–Kier alpha value is -4.94. The van der Waals surface area contributed by atoms with Gasteiger partial charge in [0.1, 0.15) is 22.3 Å². The molecule has 9 heteroatoms. The summed E-state index contributed by atoms with van der Waals surface area (Å²) in [5.74, 6) is -0.780. The molecule has 4 aromatic rings. The molecule has 0 heterocycles. The first-order valence-corrected chi connectivity index (χ1v) is 12.5. The Bertz CT molecular complexity index is 1650. The maximum atomic E-state index is 12.8. The number of hydrogen-bond acceptors (Lipinski definition) is 6. The number of nitriles is 1. The van der Waals surface area contributed by atoms with Crippen molar-refractivity contribution in [2.75, 3.05) is 10.6 Å². The van der Waals surface area contributed by atoms with Crippen molar-refractivity contribution in [3.05, 3.63) is 102 Å². The van der Waals surface area contributed by atoms with Gasteiger partial charge in [-0.15, -0.1) is 0 Å². The third-order valence-electron chi connectivity index (χ3n) is 5.26. The average Bonchev–Trinajstić information content (AvgIpc) is 2.88. The molecular formula is C28H21N3O5S. The maximum absolute atomic E-state index is 12.8. The van der Waals surface area contributed by atoms with E-state index in [1.165, 1.54) is 61.5 Å². The van der Waals surface area contributed by atoms with Crippen molar-refractivity contribution in [1.29, 1.82) is 5.26 Å². The predicted octanol–water partition coefficient (Wildman–Crippen LogP) is 5.11. The van der Waals surface area contributed by atoms with Gasteiger partial charge in [-0.2, -0.15) is 13.7 Å². The number of amides is 2. The molecule has 37 heavy (non-hydrogen) atoms. The molecule has 4 aromatic carbocycles. The van der Waals surface area contributed by atoms with Crippen LogP contribution in [0.3, 0.4) is 0 Å². The molecule has 0 aliphatic carbocycles. The minimum absolute atomic E-state index is 0.0572. The SMILES string of the molecule is CC(=O)Nc1ccc(S(=O)(=O)Oc2ccc(/C=C(\C#N)C(=O)Nc3cccc4ccccc34)cc2)cc1. The summed E-state index contributed by atoms with van der Waals surface area (Å²) in [7, 11) is -4.11. The number of carbonyl (C=O) groups is 2. The Labute approximate surface area is 213 Å². The Kier molecular flexibility index (Phi) is 7.32. The van der Waals surface area contributed by atoms with Gasteiger partial charge in [-0.1, -0.05) is 48.5 Å². The monoisotopic (exact) mass is 511 g/mol. The predicted molar refractivity (Wildman–Crippen MR) is 141 cm³/mol. The minimum Gasteiger partial charge on any atom is -0.379 e. The Balaban J connectivity index is 1.47. The summed E-state index contributed by atoms with van der Waals surface area (Å²) < 4.78 is 30.3. The highest BCUT2D eigenvalue weighted by Crippen LogP contribution is 2.24. The van der Waals surface area contributed by atoms with Crippen molar-refractivity contribution in [2.24, 2.45) is 0 Å². The fourth-order valence-corrected chi connectivity index (χ4v) is 4.47. The van der Waals surface area contributed by atoms with Crippen LogP contribution in [0, 0.1) is 11.3 Å². The van der Waals surface area contributed by atoms with Crippen molar-refractivity contribution in [1.82, 2.24) is 0 Å². The third kappa shape index (κ3) is 6.20. The highest BCUT2D eigenvalue weighted by atomic mass is 32.2. The molecule has 0 fully saturated rings. The molecule has 0 radical (unpaired) electrons. The lowest BCUT2D eigenvalue weighted by atomic mass is 10.1. The van der Waals surface area contributed by atoms with Gasteiger partial charge < -0.3 is 14.8 Å². The lowest BCUT2D eigenvalue weighted by Gasteiger charge is -2.09. The van der Waals surface area contributed by atoms with Gasteiger partial charge in [0, 0.05) is 23.7 Å². The van der Waals surface area contributed by atoms with E-state index in [4.69, 9.17) is 4.18 Å². The third-order valence-corrected chi connectivity index (χ3v) is 6.52. The highest BCUT2D eigenvalue weighted by Gasteiger charge is 2.17. The lowest BCUT2D eigenvalue weighted by molar-refractivity contribution is -0.114. The molecule has 2 amide bonds. The van der Waals surface area contributed by atoms with Gasteiger partial charge >= 0.3 is 10.1 Å². The Morgan fingerprint density at radius 2 is 1.54 bits per heavy atom. The molecule has 8 nitrogen and oxygen atoms in total. The number of nitrogens with zero attached hydrogens (tertiary/aromatic N) is 1. The van der Waals surface area contributed by atoms with E-state index < -0.39 is 16.0 Å². The van der Waals surface area contributed by atoms with Crippen LogP contribution in [0.15, 0.2) is 101 Å². The number of anilines is 2. The lowest BCUT2D eigenvalue weighted by Crippen LogP contribution is -2.13. The van der Waals surface area contributed by atoms with Crippen molar-refractivity contribution in [2.45, 2.75) is 11.8 Å². The van der Waals surface area contributed by atoms with Crippen molar-refractivity contribution >= 4 is 50.2 Å². The van der Waals surface area contributed by atoms with E-state index >= 15 is 0 Å². The van der Waals surface area contributed by atoms with E-state index in [9.17, 15) is 23.3 Å². The maximum Gasteiger partial charge on any atom is 0.339 e. The van der Waals surface area contributed by atoms with Crippen LogP contribution >= 0.6 is 0 Å². The molecular weight excluding hydrogens is 490 g/mol. The van der Waals surface area contributed by atoms with Gasteiger partial charge in [0.05, 0.1) is 0 Å². The zero-order valence-corrected chi connectivity index (χ0v) is 20.5. The van der Waals surface area contributed by atoms with Gasteiger partial charge in [-0.05, 0) is 59.5 Å². The van der Waals surface area contributed by atoms with Gasteiger partial charge in [0.15, 0.2) is 0 Å². The van der Waals surface area contributed by atoms with Crippen LogP contribution in [-0.2, 0) is 19.7 Å². The molecule has 4 rings (SSSR count). The topological polar surface area (TPSA) is 125 Å². The van der Waals surface area contributed by atoms with E-state index in [1.54, 1.807) is 6.07 Å². The fraction of sp³-hybridized carbons (Fsp3) is 0.0357. The second-order valence-corrected chi connectivity index (χ2v) is 9.51. The summed E-state index contributed by atoms with van der Waals surface area (Å²) >= 11 is 0. The van der Waals surface area contributed by atoms with E-state index in [2.05, 4.69) is 10.6 Å². The van der Waals surface area contributed by atoms with Crippen LogP contribution in [0.5, 0.6) is 5.75 Å². The number of rotatable bonds is 7. The van der Waals surface area contributed by atoms with Gasteiger partial charge in [0.2, 0.25) is 5.91 Å². The normalized spacial score (nSPS) is 11.4. The molecule has 0 atom stereocenters. The van der Waals surface area contributed by atoms with Crippen LogP contribution in [0.2, 0.25) is 0 Å². The van der Waals surface area contributed by atoms with Gasteiger partial charge in [0.25, 0.3) is 5.91 Å². The summed E-state index contributed by atoms with van der Waals surface area (Å²) in [6.45, 7) is 1.35. The minimum atomic E-state index is -4.11. The van der Waals surface area contributed by atoms with E-state index in [0.717, 1.165) is 10.8 Å². The van der Waals surface area contributed by atoms with Gasteiger partial charge in [-0.3, -0.25) is 9.59 Å². The molecule has 184 valence electrons. The van der Waals surface area contributed by atoms with E-state index in [1.807, 2.05) is 42.5 Å². The van der Waals surface area contributed by atoms with E-state index in [-0.39, 0.29) is 22.1 Å². The molecule has 0 aliphatic rings. The second-order valence-electron chi connectivity index (χ2n) is 7.96. The smallest absolute Gasteiger partial charge is 0.339 e. The average molecular weight is 512 g/mol. The molecule has 0 aromatic heterocycles. The standard InChI is InChI=1S/C28H21N3O5S/c1-19(32)30-23-11-15-25(16-12-23)37(34,35)36-24-13-9-20(10-14-24)17-22(18-29)28(33)31-27-8-4-6-21-5-2-3-7-26(21)27/h2-17H,1H3,(H,30,32)(H,31,33)/b22-17+. The molecule has 0 saturated carbocycles. The summed E-state index contributed by atoms with van der Waals surface area (Å²) in [6, 6.07) is 26.5. The number of nitrogens with one attached hydrogen (secondary N) is 2.